The molecule has 0 saturated carbocycles. The quantitative estimate of drug-likeness (QED) is 0.359. The summed E-state index contributed by atoms with van der Waals surface area (Å²) in [5, 5.41) is 0.0381. The van der Waals surface area contributed by atoms with Crippen LogP contribution in [0.5, 0.6) is 0 Å². The molecule has 0 atom stereocenters. The smallest absolute Gasteiger partial charge is 0.260 e. The van der Waals surface area contributed by atoms with Gasteiger partial charge in [0.15, 0.2) is 15.0 Å². The molecule has 32 heavy (non-hydrogen) atoms. The second-order valence-corrected chi connectivity index (χ2v) is 11.2. The first-order chi connectivity index (χ1) is 15.3. The minimum atomic E-state index is -3.41. The standard InChI is InChI=1S/C24H24N2O4S2/c1-4-17-7-5-9-21-22(17)25-24(31-21)26(15-19-8-6-14-30-19)23(27)18-10-12-20(13-11-18)32(28,29)16(2)3/h5-14,16H,4,15H2,1-3H3. The third kappa shape index (κ3) is 4.20. The van der Waals surface area contributed by atoms with Gasteiger partial charge in [-0.2, -0.15) is 0 Å². The lowest BCUT2D eigenvalue weighted by Crippen LogP contribution is -2.30. The molecule has 0 radical (unpaired) electrons. The lowest BCUT2D eigenvalue weighted by atomic mass is 10.1. The van der Waals surface area contributed by atoms with Crippen LogP contribution in [0.15, 0.2) is 70.2 Å². The van der Waals surface area contributed by atoms with E-state index in [9.17, 15) is 13.2 Å². The van der Waals surface area contributed by atoms with Crippen LogP contribution in [-0.4, -0.2) is 24.6 Å². The Hall–Kier alpha value is -2.97. The second-order valence-electron chi connectivity index (χ2n) is 7.70. The lowest BCUT2D eigenvalue weighted by Gasteiger charge is -2.19. The molecule has 2 heterocycles. The highest BCUT2D eigenvalue weighted by atomic mass is 32.2. The van der Waals surface area contributed by atoms with Crippen molar-refractivity contribution in [3.8, 4) is 0 Å². The number of benzene rings is 2. The molecule has 0 bridgehead atoms. The number of nitrogens with zero attached hydrogens (tertiary/aromatic N) is 2. The number of furan rings is 1. The van der Waals surface area contributed by atoms with Crippen molar-refractivity contribution in [2.45, 2.75) is 43.9 Å². The predicted octanol–water partition coefficient (Wildman–Crippen LogP) is 5.48. The summed E-state index contributed by atoms with van der Waals surface area (Å²) in [5.74, 6) is 0.360. The first-order valence-corrected chi connectivity index (χ1v) is 12.7. The van der Waals surface area contributed by atoms with Crippen LogP contribution in [0.1, 0.15) is 42.5 Å². The van der Waals surface area contributed by atoms with Crippen LogP contribution in [-0.2, 0) is 22.8 Å². The number of aryl methyl sites for hydroxylation is 1. The molecule has 1 amide bonds. The Morgan fingerprint density at radius 2 is 1.84 bits per heavy atom. The molecule has 8 heteroatoms. The van der Waals surface area contributed by atoms with Gasteiger partial charge in [0.25, 0.3) is 5.91 Å². The summed E-state index contributed by atoms with van der Waals surface area (Å²) in [6, 6.07) is 15.7. The maximum atomic E-state index is 13.5. The highest BCUT2D eigenvalue weighted by Gasteiger charge is 2.25. The fraction of sp³-hybridized carbons (Fsp3) is 0.250. The highest BCUT2D eigenvalue weighted by Crippen LogP contribution is 2.33. The molecule has 4 rings (SSSR count). The number of carbonyl (C=O) groups excluding carboxylic acids is 1. The van der Waals surface area contributed by atoms with Crippen molar-refractivity contribution in [1.82, 2.24) is 4.98 Å². The molecule has 2 aromatic heterocycles. The van der Waals surface area contributed by atoms with Gasteiger partial charge in [-0.3, -0.25) is 9.69 Å². The molecule has 166 valence electrons. The summed E-state index contributed by atoms with van der Waals surface area (Å²) < 4.78 is 31.3. The van der Waals surface area contributed by atoms with Gasteiger partial charge in [0, 0.05) is 5.56 Å². The predicted molar refractivity (Wildman–Crippen MR) is 127 cm³/mol. The molecule has 0 unspecified atom stereocenters. The summed E-state index contributed by atoms with van der Waals surface area (Å²) in [7, 11) is -3.41. The van der Waals surface area contributed by atoms with Gasteiger partial charge in [-0.05, 0) is 68.3 Å². The van der Waals surface area contributed by atoms with E-state index >= 15 is 0 Å². The molecular formula is C24H24N2O4S2. The van der Waals surface area contributed by atoms with Gasteiger partial charge in [-0.25, -0.2) is 13.4 Å². The van der Waals surface area contributed by atoms with Gasteiger partial charge >= 0.3 is 0 Å². The minimum absolute atomic E-state index is 0.203. The molecule has 4 aromatic rings. The zero-order chi connectivity index (χ0) is 22.9. The van der Waals surface area contributed by atoms with E-state index in [1.807, 2.05) is 24.3 Å². The zero-order valence-corrected chi connectivity index (χ0v) is 19.7. The molecule has 0 fully saturated rings. The fourth-order valence-electron chi connectivity index (χ4n) is 3.39. The Morgan fingerprint density at radius 3 is 2.47 bits per heavy atom. The third-order valence-corrected chi connectivity index (χ3v) is 8.51. The number of carbonyl (C=O) groups is 1. The summed E-state index contributed by atoms with van der Waals surface area (Å²) >= 11 is 1.45. The van der Waals surface area contributed by atoms with Crippen LogP contribution in [0.25, 0.3) is 10.2 Å². The Morgan fingerprint density at radius 1 is 1.09 bits per heavy atom. The number of aromatic nitrogens is 1. The SMILES string of the molecule is CCc1cccc2sc(N(Cc3ccco3)C(=O)c3ccc(S(=O)(=O)C(C)C)cc3)nc12. The van der Waals surface area contributed by atoms with Crippen LogP contribution in [0, 0.1) is 0 Å². The largest absolute Gasteiger partial charge is 0.467 e. The zero-order valence-electron chi connectivity index (χ0n) is 18.1. The summed E-state index contributed by atoms with van der Waals surface area (Å²) in [4.78, 5) is 20.1. The molecular weight excluding hydrogens is 444 g/mol. The van der Waals surface area contributed by atoms with Crippen molar-refractivity contribution in [1.29, 1.82) is 0 Å². The lowest BCUT2D eigenvalue weighted by molar-refractivity contribution is 0.0983. The number of anilines is 1. The van der Waals surface area contributed by atoms with Crippen molar-refractivity contribution in [2.75, 3.05) is 4.90 Å². The number of thiazole rings is 1. The van der Waals surface area contributed by atoms with Crippen LogP contribution < -0.4 is 4.90 Å². The Kier molecular flexibility index (Phi) is 6.17. The number of hydrogen-bond acceptors (Lipinski definition) is 6. The highest BCUT2D eigenvalue weighted by molar-refractivity contribution is 7.92. The van der Waals surface area contributed by atoms with Gasteiger partial charge in [0.2, 0.25) is 0 Å². The van der Waals surface area contributed by atoms with Gasteiger partial charge < -0.3 is 4.42 Å². The number of para-hydroxylation sites is 1. The van der Waals surface area contributed by atoms with E-state index in [0.29, 0.717) is 16.5 Å². The summed E-state index contributed by atoms with van der Waals surface area (Å²) in [6.07, 6.45) is 2.41. The van der Waals surface area contributed by atoms with Crippen molar-refractivity contribution in [3.05, 3.63) is 77.7 Å². The second kappa shape index (κ2) is 8.88. The van der Waals surface area contributed by atoms with Crippen molar-refractivity contribution in [2.24, 2.45) is 0 Å². The molecule has 2 aromatic carbocycles. The Labute approximate surface area is 191 Å². The molecule has 0 aliphatic heterocycles. The van der Waals surface area contributed by atoms with Crippen LogP contribution >= 0.6 is 11.3 Å². The average Bonchev–Trinajstić information content (AvgIpc) is 3.46. The molecule has 0 aliphatic rings. The topological polar surface area (TPSA) is 80.5 Å². The van der Waals surface area contributed by atoms with Gasteiger partial charge in [0.1, 0.15) is 5.76 Å². The Balaban J connectivity index is 1.73. The van der Waals surface area contributed by atoms with Crippen molar-refractivity contribution in [3.63, 3.8) is 0 Å². The van der Waals surface area contributed by atoms with E-state index in [1.54, 1.807) is 43.2 Å². The van der Waals surface area contributed by atoms with E-state index in [1.165, 1.54) is 23.5 Å². The maximum absolute atomic E-state index is 13.5. The maximum Gasteiger partial charge on any atom is 0.260 e. The number of sulfone groups is 1. The minimum Gasteiger partial charge on any atom is -0.467 e. The number of fused-ring (bicyclic) bond motifs is 1. The van der Waals surface area contributed by atoms with E-state index in [0.717, 1.165) is 22.2 Å². The number of amides is 1. The van der Waals surface area contributed by atoms with Gasteiger partial charge in [-0.15, -0.1) is 0 Å². The summed E-state index contributed by atoms with van der Waals surface area (Å²) in [6.45, 7) is 5.57. The van der Waals surface area contributed by atoms with E-state index in [-0.39, 0.29) is 17.3 Å². The van der Waals surface area contributed by atoms with Crippen molar-refractivity contribution < 1.29 is 17.6 Å². The number of hydrogen-bond donors (Lipinski definition) is 0. The Bertz CT molecular complexity index is 1340. The van der Waals surface area contributed by atoms with Crippen molar-refractivity contribution >= 4 is 42.4 Å². The van der Waals surface area contributed by atoms with E-state index in [2.05, 4.69) is 6.92 Å². The normalized spacial score (nSPS) is 11.9. The monoisotopic (exact) mass is 468 g/mol. The van der Waals surface area contributed by atoms with Crippen LogP contribution in [0.3, 0.4) is 0 Å². The molecule has 6 nitrogen and oxygen atoms in total. The van der Waals surface area contributed by atoms with Gasteiger partial charge in [0.05, 0.1) is 33.2 Å². The number of rotatable bonds is 7. The van der Waals surface area contributed by atoms with Crippen LogP contribution in [0.4, 0.5) is 5.13 Å². The summed E-state index contributed by atoms with van der Waals surface area (Å²) in [5.41, 5.74) is 2.40. The van der Waals surface area contributed by atoms with E-state index in [4.69, 9.17) is 9.40 Å². The fourth-order valence-corrected chi connectivity index (χ4v) is 5.47. The first-order valence-electron chi connectivity index (χ1n) is 10.4. The van der Waals surface area contributed by atoms with Crippen LogP contribution in [0.2, 0.25) is 0 Å². The van der Waals surface area contributed by atoms with Gasteiger partial charge in [-0.1, -0.05) is 30.4 Å². The molecule has 0 spiro atoms. The molecule has 0 saturated heterocycles. The molecule has 0 N–H and O–H groups in total. The third-order valence-electron chi connectivity index (χ3n) is 5.29. The first kappa shape index (κ1) is 22.2. The van der Waals surface area contributed by atoms with E-state index < -0.39 is 15.1 Å². The average molecular weight is 469 g/mol. The molecule has 0 aliphatic carbocycles.